The first kappa shape index (κ1) is 28.0. The van der Waals surface area contributed by atoms with Gasteiger partial charge in [0, 0.05) is 32.7 Å². The third-order valence-electron chi connectivity index (χ3n) is 6.31. The lowest BCUT2D eigenvalue weighted by Crippen LogP contribution is -2.45. The molecule has 1 fully saturated rings. The quantitative estimate of drug-likeness (QED) is 0.342. The summed E-state index contributed by atoms with van der Waals surface area (Å²) in [6, 6.07) is 18.0. The predicted molar refractivity (Wildman–Crippen MR) is 148 cm³/mol. The zero-order valence-electron chi connectivity index (χ0n) is 21.2. The molecule has 0 saturated carbocycles. The molecule has 4 rings (SSSR count). The number of anilines is 1. The van der Waals surface area contributed by atoms with Crippen molar-refractivity contribution in [2.45, 2.75) is 19.5 Å². The van der Waals surface area contributed by atoms with Crippen LogP contribution in [0, 0.1) is 0 Å². The van der Waals surface area contributed by atoms with E-state index in [9.17, 15) is 9.59 Å². The highest BCUT2D eigenvalue weighted by Gasteiger charge is 2.24. The SMILES string of the molecule is O=C(CN(CCCN1CCOCC1)C(=O)Nc1cccc(Cl)c1Cl)N(Cc1ccccc1)Cc1ccco1. The fourth-order valence-electron chi connectivity index (χ4n) is 4.25. The first-order valence-corrected chi connectivity index (χ1v) is 13.4. The molecule has 0 bridgehead atoms. The predicted octanol–water partition coefficient (Wildman–Crippen LogP) is 5.37. The minimum atomic E-state index is -0.415. The van der Waals surface area contributed by atoms with Gasteiger partial charge in [-0.05, 0) is 36.2 Å². The number of urea groups is 1. The molecule has 1 N–H and O–H groups in total. The number of carbonyl (C=O) groups is 2. The Morgan fingerprint density at radius 3 is 2.45 bits per heavy atom. The van der Waals surface area contributed by atoms with Gasteiger partial charge in [-0.3, -0.25) is 9.69 Å². The van der Waals surface area contributed by atoms with Crippen LogP contribution in [0.2, 0.25) is 10.0 Å². The maximum atomic E-state index is 13.6. The molecule has 0 atom stereocenters. The molecular formula is C28H32Cl2N4O4. The Morgan fingerprint density at radius 1 is 0.921 bits per heavy atom. The molecule has 1 aromatic heterocycles. The van der Waals surface area contributed by atoms with Crippen molar-refractivity contribution in [1.82, 2.24) is 14.7 Å². The highest BCUT2D eigenvalue weighted by molar-refractivity contribution is 6.43. The topological polar surface area (TPSA) is 78.3 Å². The second kappa shape index (κ2) is 14.2. The van der Waals surface area contributed by atoms with E-state index in [-0.39, 0.29) is 17.5 Å². The van der Waals surface area contributed by atoms with E-state index in [1.165, 1.54) is 4.90 Å². The van der Waals surface area contributed by atoms with Crippen molar-refractivity contribution in [1.29, 1.82) is 0 Å². The molecule has 10 heteroatoms. The number of morpholine rings is 1. The first-order valence-electron chi connectivity index (χ1n) is 12.6. The Balaban J connectivity index is 1.47. The zero-order valence-corrected chi connectivity index (χ0v) is 22.7. The second-order valence-electron chi connectivity index (χ2n) is 9.08. The van der Waals surface area contributed by atoms with Gasteiger partial charge in [0.15, 0.2) is 0 Å². The Bertz CT molecular complexity index is 1170. The Kier molecular flexibility index (Phi) is 10.5. The number of benzene rings is 2. The summed E-state index contributed by atoms with van der Waals surface area (Å²) >= 11 is 12.4. The highest BCUT2D eigenvalue weighted by Crippen LogP contribution is 2.29. The van der Waals surface area contributed by atoms with Gasteiger partial charge in [0.05, 0.1) is 41.8 Å². The molecule has 3 aromatic rings. The summed E-state index contributed by atoms with van der Waals surface area (Å²) in [4.78, 5) is 32.5. The maximum Gasteiger partial charge on any atom is 0.322 e. The van der Waals surface area contributed by atoms with E-state index in [1.807, 2.05) is 36.4 Å². The number of rotatable bonds is 11. The highest BCUT2D eigenvalue weighted by atomic mass is 35.5. The van der Waals surface area contributed by atoms with Crippen molar-refractivity contribution >= 4 is 40.8 Å². The summed E-state index contributed by atoms with van der Waals surface area (Å²) in [5.41, 5.74) is 1.38. The van der Waals surface area contributed by atoms with Gasteiger partial charge in [-0.15, -0.1) is 0 Å². The molecule has 2 aromatic carbocycles. The van der Waals surface area contributed by atoms with Gasteiger partial charge in [0.25, 0.3) is 0 Å². The van der Waals surface area contributed by atoms with E-state index in [0.717, 1.165) is 25.2 Å². The summed E-state index contributed by atoms with van der Waals surface area (Å²) in [5, 5.41) is 3.42. The monoisotopic (exact) mass is 558 g/mol. The number of ether oxygens (including phenoxy) is 1. The van der Waals surface area contributed by atoms with Gasteiger partial charge in [-0.2, -0.15) is 0 Å². The maximum absolute atomic E-state index is 13.6. The number of halogens is 2. The molecule has 202 valence electrons. The Labute approximate surface area is 233 Å². The van der Waals surface area contributed by atoms with E-state index in [4.69, 9.17) is 32.4 Å². The molecule has 0 radical (unpaired) electrons. The van der Waals surface area contributed by atoms with Crippen LogP contribution in [-0.2, 0) is 22.6 Å². The fourth-order valence-corrected chi connectivity index (χ4v) is 4.59. The molecule has 1 aliphatic heterocycles. The van der Waals surface area contributed by atoms with E-state index < -0.39 is 6.03 Å². The lowest BCUT2D eigenvalue weighted by molar-refractivity contribution is -0.133. The van der Waals surface area contributed by atoms with Crippen LogP contribution in [0.15, 0.2) is 71.3 Å². The van der Waals surface area contributed by atoms with E-state index >= 15 is 0 Å². The summed E-state index contributed by atoms with van der Waals surface area (Å²) < 4.78 is 10.9. The smallest absolute Gasteiger partial charge is 0.322 e. The minimum absolute atomic E-state index is 0.0966. The van der Waals surface area contributed by atoms with Gasteiger partial charge in [-0.1, -0.05) is 59.6 Å². The number of nitrogens with one attached hydrogen (secondary N) is 1. The molecule has 1 saturated heterocycles. The average Bonchev–Trinajstić information content (AvgIpc) is 3.45. The van der Waals surface area contributed by atoms with Crippen LogP contribution in [-0.4, -0.2) is 72.6 Å². The van der Waals surface area contributed by atoms with E-state index in [0.29, 0.717) is 55.7 Å². The lowest BCUT2D eigenvalue weighted by Gasteiger charge is -2.30. The molecular weight excluding hydrogens is 527 g/mol. The number of carbonyl (C=O) groups excluding carboxylic acids is 2. The summed E-state index contributed by atoms with van der Waals surface area (Å²) in [6.07, 6.45) is 2.29. The molecule has 1 aliphatic rings. The number of hydrogen-bond acceptors (Lipinski definition) is 5. The number of nitrogens with zero attached hydrogens (tertiary/aromatic N) is 3. The summed E-state index contributed by atoms with van der Waals surface area (Å²) in [5.74, 6) is 0.479. The van der Waals surface area contributed by atoms with E-state index in [1.54, 1.807) is 35.4 Å². The van der Waals surface area contributed by atoms with Crippen molar-refractivity contribution < 1.29 is 18.7 Å². The van der Waals surface area contributed by atoms with Crippen LogP contribution in [0.4, 0.5) is 10.5 Å². The molecule has 2 heterocycles. The average molecular weight is 559 g/mol. The third kappa shape index (κ3) is 8.23. The van der Waals surface area contributed by atoms with Crippen molar-refractivity contribution in [2.24, 2.45) is 0 Å². The molecule has 8 nitrogen and oxygen atoms in total. The van der Waals surface area contributed by atoms with Crippen LogP contribution >= 0.6 is 23.2 Å². The van der Waals surface area contributed by atoms with Crippen LogP contribution in [0.25, 0.3) is 0 Å². The van der Waals surface area contributed by atoms with Gasteiger partial charge >= 0.3 is 6.03 Å². The first-order chi connectivity index (χ1) is 18.5. The molecule has 0 unspecified atom stereocenters. The minimum Gasteiger partial charge on any atom is -0.467 e. The normalized spacial score (nSPS) is 13.7. The van der Waals surface area contributed by atoms with Crippen molar-refractivity contribution in [3.8, 4) is 0 Å². The summed E-state index contributed by atoms with van der Waals surface area (Å²) in [6.45, 7) is 4.92. The third-order valence-corrected chi connectivity index (χ3v) is 7.13. The van der Waals surface area contributed by atoms with Gasteiger partial charge in [0.1, 0.15) is 12.3 Å². The van der Waals surface area contributed by atoms with Crippen LogP contribution in [0.1, 0.15) is 17.7 Å². The van der Waals surface area contributed by atoms with Crippen molar-refractivity contribution in [3.05, 3.63) is 88.3 Å². The van der Waals surface area contributed by atoms with Gasteiger partial charge in [-0.25, -0.2) is 4.79 Å². The largest absolute Gasteiger partial charge is 0.467 e. The van der Waals surface area contributed by atoms with E-state index in [2.05, 4.69) is 10.2 Å². The standard InChI is InChI=1S/C28H32Cl2N4O4/c29-24-10-4-11-25(27(24)30)31-28(36)33(13-6-12-32-14-17-37-18-15-32)21-26(35)34(20-23-9-5-16-38-23)19-22-7-2-1-3-8-22/h1-5,7-11,16H,6,12-15,17-21H2,(H,31,36). The second-order valence-corrected chi connectivity index (χ2v) is 9.86. The number of amides is 3. The van der Waals surface area contributed by atoms with Crippen LogP contribution in [0.3, 0.4) is 0 Å². The Morgan fingerprint density at radius 2 is 1.71 bits per heavy atom. The molecule has 38 heavy (non-hydrogen) atoms. The zero-order chi connectivity index (χ0) is 26.7. The van der Waals surface area contributed by atoms with Gasteiger partial charge < -0.3 is 24.3 Å². The van der Waals surface area contributed by atoms with Gasteiger partial charge in [0.2, 0.25) is 5.91 Å². The van der Waals surface area contributed by atoms with Crippen LogP contribution < -0.4 is 5.32 Å². The fraction of sp³-hybridized carbons (Fsp3) is 0.357. The van der Waals surface area contributed by atoms with Crippen molar-refractivity contribution in [3.63, 3.8) is 0 Å². The molecule has 3 amide bonds. The van der Waals surface area contributed by atoms with Crippen LogP contribution in [0.5, 0.6) is 0 Å². The number of furan rings is 1. The lowest BCUT2D eigenvalue weighted by atomic mass is 10.2. The molecule has 0 spiro atoms. The summed E-state index contributed by atoms with van der Waals surface area (Å²) in [7, 11) is 0. The number of hydrogen-bond donors (Lipinski definition) is 1. The Hall–Kier alpha value is -3.04. The molecule has 0 aliphatic carbocycles. The van der Waals surface area contributed by atoms with Crippen molar-refractivity contribution in [2.75, 3.05) is 51.3 Å².